The summed E-state index contributed by atoms with van der Waals surface area (Å²) in [5.74, 6) is 0.753. The first-order valence-electron chi connectivity index (χ1n) is 8.65. The van der Waals surface area contributed by atoms with Gasteiger partial charge in [-0.25, -0.2) is 4.98 Å². The number of hydrogen-bond donors (Lipinski definition) is 2. The van der Waals surface area contributed by atoms with Crippen LogP contribution in [0.2, 0.25) is 0 Å². The summed E-state index contributed by atoms with van der Waals surface area (Å²) in [6.07, 6.45) is 3.03. The van der Waals surface area contributed by atoms with E-state index in [1.807, 2.05) is 31.2 Å². The topological polar surface area (TPSA) is 80.3 Å². The van der Waals surface area contributed by atoms with Crippen molar-refractivity contribution in [1.82, 2.24) is 10.3 Å². The Bertz CT molecular complexity index is 741. The number of carbonyl (C=O) groups excluding carboxylic acids is 2. The van der Waals surface area contributed by atoms with Crippen LogP contribution in [-0.4, -0.2) is 30.5 Å². The number of carbonyl (C=O) groups is 2. The van der Waals surface area contributed by atoms with Crippen LogP contribution < -0.4 is 15.4 Å². The van der Waals surface area contributed by atoms with E-state index in [4.69, 9.17) is 4.74 Å². The van der Waals surface area contributed by atoms with Crippen LogP contribution in [-0.2, 0) is 9.59 Å². The Hall–Kier alpha value is -2.41. The lowest BCUT2D eigenvalue weighted by atomic mass is 10.1. The average molecular weight is 375 g/mol. The maximum Gasteiger partial charge on any atom is 0.226 e. The van der Waals surface area contributed by atoms with E-state index in [0.29, 0.717) is 18.1 Å². The van der Waals surface area contributed by atoms with Crippen molar-refractivity contribution in [2.45, 2.75) is 39.5 Å². The molecule has 0 aliphatic rings. The second kappa shape index (κ2) is 9.91. The summed E-state index contributed by atoms with van der Waals surface area (Å²) in [4.78, 5) is 28.4. The third kappa shape index (κ3) is 6.15. The quantitative estimate of drug-likeness (QED) is 0.654. The average Bonchev–Trinajstić information content (AvgIpc) is 2.98. The zero-order chi connectivity index (χ0) is 18.9. The maximum absolute atomic E-state index is 12.1. The first-order chi connectivity index (χ1) is 12.5. The number of benzene rings is 1. The zero-order valence-corrected chi connectivity index (χ0v) is 16.2. The molecule has 0 atom stereocenters. The molecule has 0 radical (unpaired) electrons. The fraction of sp³-hybridized carbons (Fsp3) is 0.421. The van der Waals surface area contributed by atoms with Crippen molar-refractivity contribution in [2.75, 3.05) is 19.0 Å². The fourth-order valence-corrected chi connectivity index (χ4v) is 3.35. The molecule has 2 N–H and O–H groups in total. The molecule has 0 bridgehead atoms. The number of aromatic nitrogens is 1. The Labute approximate surface area is 158 Å². The molecule has 0 unspecified atom stereocenters. The normalized spacial score (nSPS) is 10.4. The highest BCUT2D eigenvalue weighted by Gasteiger charge is 2.12. The number of nitrogens with one attached hydrogen (secondary N) is 2. The lowest BCUT2D eigenvalue weighted by Gasteiger charge is -2.03. The van der Waals surface area contributed by atoms with E-state index in [2.05, 4.69) is 15.6 Å². The van der Waals surface area contributed by atoms with Crippen molar-refractivity contribution >= 4 is 28.3 Å². The Morgan fingerprint density at radius 3 is 2.54 bits per heavy atom. The van der Waals surface area contributed by atoms with Crippen LogP contribution >= 0.6 is 11.3 Å². The molecule has 0 fully saturated rings. The number of methoxy groups -OCH3 is 1. The monoisotopic (exact) mass is 375 g/mol. The Morgan fingerprint density at radius 2 is 1.88 bits per heavy atom. The number of thiazole rings is 1. The van der Waals surface area contributed by atoms with Gasteiger partial charge in [0.1, 0.15) is 5.75 Å². The van der Waals surface area contributed by atoms with Crippen LogP contribution in [0.4, 0.5) is 5.13 Å². The lowest BCUT2D eigenvalue weighted by molar-refractivity contribution is -0.119. The van der Waals surface area contributed by atoms with Crippen molar-refractivity contribution < 1.29 is 14.3 Å². The number of nitrogens with zero attached hydrogens (tertiary/aromatic N) is 1. The minimum absolute atomic E-state index is 0.0189. The predicted molar refractivity (Wildman–Crippen MR) is 105 cm³/mol. The van der Waals surface area contributed by atoms with Gasteiger partial charge in [0.25, 0.3) is 0 Å². The van der Waals surface area contributed by atoms with Gasteiger partial charge in [0.2, 0.25) is 11.8 Å². The summed E-state index contributed by atoms with van der Waals surface area (Å²) in [6.45, 7) is 4.16. The van der Waals surface area contributed by atoms with Gasteiger partial charge in [-0.2, -0.15) is 0 Å². The van der Waals surface area contributed by atoms with Gasteiger partial charge in [-0.3, -0.25) is 9.59 Å². The zero-order valence-electron chi connectivity index (χ0n) is 15.4. The second-order valence-electron chi connectivity index (χ2n) is 5.99. The standard InChI is InChI=1S/C19H25N3O3S/c1-13-18(15-8-10-16(25-3)11-9-15)22-19(26-13)21-17(24)7-5-4-6-12-20-14(2)23/h8-11H,4-7,12H2,1-3H3,(H,20,23)(H,21,22,24). The molecule has 140 valence electrons. The van der Waals surface area contributed by atoms with Crippen LogP contribution in [0.25, 0.3) is 11.3 Å². The number of hydrogen-bond acceptors (Lipinski definition) is 5. The summed E-state index contributed by atoms with van der Waals surface area (Å²) >= 11 is 1.48. The van der Waals surface area contributed by atoms with Gasteiger partial charge in [-0.15, -0.1) is 11.3 Å². The summed E-state index contributed by atoms with van der Waals surface area (Å²) in [5.41, 5.74) is 1.88. The minimum Gasteiger partial charge on any atom is -0.497 e. The summed E-state index contributed by atoms with van der Waals surface area (Å²) < 4.78 is 5.17. The second-order valence-corrected chi connectivity index (χ2v) is 7.20. The number of unbranched alkanes of at least 4 members (excludes halogenated alkanes) is 2. The van der Waals surface area contributed by atoms with Crippen LogP contribution in [0.1, 0.15) is 37.5 Å². The van der Waals surface area contributed by atoms with E-state index in [9.17, 15) is 9.59 Å². The molecular weight excluding hydrogens is 350 g/mol. The van der Waals surface area contributed by atoms with Crippen molar-refractivity contribution in [2.24, 2.45) is 0 Å². The molecule has 2 rings (SSSR count). The molecule has 2 aromatic rings. The van der Waals surface area contributed by atoms with Crippen molar-refractivity contribution in [1.29, 1.82) is 0 Å². The maximum atomic E-state index is 12.1. The van der Waals surface area contributed by atoms with Gasteiger partial charge in [0, 0.05) is 30.3 Å². The van der Waals surface area contributed by atoms with Crippen molar-refractivity contribution in [3.05, 3.63) is 29.1 Å². The van der Waals surface area contributed by atoms with Crippen LogP contribution in [0.3, 0.4) is 0 Å². The molecule has 0 spiro atoms. The van der Waals surface area contributed by atoms with Gasteiger partial charge in [0.05, 0.1) is 12.8 Å². The molecule has 1 aromatic heterocycles. The third-order valence-corrected chi connectivity index (χ3v) is 4.75. The van der Waals surface area contributed by atoms with E-state index >= 15 is 0 Å². The highest BCUT2D eigenvalue weighted by atomic mass is 32.1. The van der Waals surface area contributed by atoms with E-state index < -0.39 is 0 Å². The fourth-order valence-electron chi connectivity index (χ4n) is 2.50. The van der Waals surface area contributed by atoms with Crippen LogP contribution in [0.5, 0.6) is 5.75 Å². The molecule has 0 saturated carbocycles. The minimum atomic E-state index is -0.0282. The van der Waals surface area contributed by atoms with Gasteiger partial charge in [-0.05, 0) is 44.0 Å². The number of rotatable bonds is 9. The Morgan fingerprint density at radius 1 is 1.15 bits per heavy atom. The first-order valence-corrected chi connectivity index (χ1v) is 9.47. The summed E-state index contributed by atoms with van der Waals surface area (Å²) in [6, 6.07) is 7.71. The molecule has 1 heterocycles. The molecule has 7 heteroatoms. The first kappa shape index (κ1) is 19.9. The molecule has 1 aromatic carbocycles. The van der Waals surface area contributed by atoms with Gasteiger partial charge >= 0.3 is 0 Å². The smallest absolute Gasteiger partial charge is 0.226 e. The highest BCUT2D eigenvalue weighted by Crippen LogP contribution is 2.31. The largest absolute Gasteiger partial charge is 0.497 e. The van der Waals surface area contributed by atoms with E-state index in [1.54, 1.807) is 7.11 Å². The van der Waals surface area contributed by atoms with Crippen molar-refractivity contribution in [3.8, 4) is 17.0 Å². The van der Waals surface area contributed by atoms with E-state index in [1.165, 1.54) is 18.3 Å². The van der Waals surface area contributed by atoms with Gasteiger partial charge < -0.3 is 15.4 Å². The number of ether oxygens (including phenoxy) is 1. The van der Waals surface area contributed by atoms with Gasteiger partial charge in [-0.1, -0.05) is 6.42 Å². The van der Waals surface area contributed by atoms with E-state index in [-0.39, 0.29) is 11.8 Å². The molecular formula is C19H25N3O3S. The molecule has 0 aliphatic heterocycles. The van der Waals surface area contributed by atoms with E-state index in [0.717, 1.165) is 41.1 Å². The molecule has 2 amide bonds. The van der Waals surface area contributed by atoms with Crippen LogP contribution in [0, 0.1) is 6.92 Å². The molecule has 0 aliphatic carbocycles. The van der Waals surface area contributed by atoms with Crippen LogP contribution in [0.15, 0.2) is 24.3 Å². The highest BCUT2D eigenvalue weighted by molar-refractivity contribution is 7.16. The van der Waals surface area contributed by atoms with Gasteiger partial charge in [0.15, 0.2) is 5.13 Å². The Balaban J connectivity index is 1.82. The molecule has 26 heavy (non-hydrogen) atoms. The lowest BCUT2D eigenvalue weighted by Crippen LogP contribution is -2.20. The number of anilines is 1. The molecule has 0 saturated heterocycles. The predicted octanol–water partition coefficient (Wildman–Crippen LogP) is 3.76. The molecule has 6 nitrogen and oxygen atoms in total. The number of aryl methyl sites for hydroxylation is 1. The Kier molecular flexibility index (Phi) is 7.59. The SMILES string of the molecule is COc1ccc(-c2nc(NC(=O)CCCCCNC(C)=O)sc2C)cc1. The summed E-state index contributed by atoms with van der Waals surface area (Å²) in [5, 5.41) is 6.25. The number of amides is 2. The van der Waals surface area contributed by atoms with Crippen molar-refractivity contribution in [3.63, 3.8) is 0 Å². The summed E-state index contributed by atoms with van der Waals surface area (Å²) in [7, 11) is 1.64. The third-order valence-electron chi connectivity index (χ3n) is 3.86.